The van der Waals surface area contributed by atoms with Crippen LogP contribution in [-0.4, -0.2) is 28.8 Å². The monoisotopic (exact) mass is 289 g/mol. The van der Waals surface area contributed by atoms with Gasteiger partial charge in [0.1, 0.15) is 16.9 Å². The number of furan rings is 1. The van der Waals surface area contributed by atoms with E-state index >= 15 is 0 Å². The lowest BCUT2D eigenvalue weighted by molar-refractivity contribution is 0.0696. The number of rotatable bonds is 5. The molecule has 0 bridgehead atoms. The SMILES string of the molecule is O=C(O)c1c(CNCC2CCC(O)C2)oc2ccccc12. The molecule has 3 rings (SSSR count). The van der Waals surface area contributed by atoms with E-state index < -0.39 is 5.97 Å². The van der Waals surface area contributed by atoms with Crippen molar-refractivity contribution >= 4 is 16.9 Å². The molecule has 0 spiro atoms. The van der Waals surface area contributed by atoms with Crippen molar-refractivity contribution in [3.8, 4) is 0 Å². The summed E-state index contributed by atoms with van der Waals surface area (Å²) in [5.41, 5.74) is 0.840. The van der Waals surface area contributed by atoms with Crippen molar-refractivity contribution in [1.82, 2.24) is 5.32 Å². The molecule has 1 aromatic carbocycles. The van der Waals surface area contributed by atoms with E-state index in [2.05, 4.69) is 5.32 Å². The number of para-hydroxylation sites is 1. The fourth-order valence-corrected chi connectivity index (χ4v) is 3.08. The van der Waals surface area contributed by atoms with Crippen LogP contribution in [0, 0.1) is 5.92 Å². The third-order valence-electron chi connectivity index (χ3n) is 4.11. The maximum atomic E-state index is 11.4. The number of carboxylic acid groups (broad SMARTS) is 1. The first-order valence-corrected chi connectivity index (χ1v) is 7.27. The summed E-state index contributed by atoms with van der Waals surface area (Å²) >= 11 is 0. The molecule has 3 N–H and O–H groups in total. The molecule has 5 nitrogen and oxygen atoms in total. The van der Waals surface area contributed by atoms with Gasteiger partial charge in [0.15, 0.2) is 0 Å². The molecule has 2 unspecified atom stereocenters. The highest BCUT2D eigenvalue weighted by molar-refractivity contribution is 6.03. The lowest BCUT2D eigenvalue weighted by Gasteiger charge is -2.09. The van der Waals surface area contributed by atoms with Gasteiger partial charge in [-0.15, -0.1) is 0 Å². The average Bonchev–Trinajstić information content (AvgIpc) is 3.02. The van der Waals surface area contributed by atoms with Crippen LogP contribution in [0.1, 0.15) is 35.4 Å². The highest BCUT2D eigenvalue weighted by Gasteiger charge is 2.23. The van der Waals surface area contributed by atoms with Crippen LogP contribution in [0.5, 0.6) is 0 Å². The van der Waals surface area contributed by atoms with Crippen molar-refractivity contribution in [2.75, 3.05) is 6.54 Å². The maximum absolute atomic E-state index is 11.4. The molecule has 1 aromatic heterocycles. The molecule has 21 heavy (non-hydrogen) atoms. The Morgan fingerprint density at radius 2 is 2.14 bits per heavy atom. The Labute approximate surface area is 122 Å². The van der Waals surface area contributed by atoms with E-state index in [0.29, 0.717) is 29.2 Å². The van der Waals surface area contributed by atoms with E-state index in [1.165, 1.54) is 0 Å². The van der Waals surface area contributed by atoms with Gasteiger partial charge in [0, 0.05) is 5.39 Å². The molecule has 2 atom stereocenters. The first-order valence-electron chi connectivity index (χ1n) is 7.27. The van der Waals surface area contributed by atoms with Gasteiger partial charge in [-0.1, -0.05) is 18.2 Å². The number of benzene rings is 1. The summed E-state index contributed by atoms with van der Waals surface area (Å²) in [5.74, 6) is -0.0482. The summed E-state index contributed by atoms with van der Waals surface area (Å²) in [6.45, 7) is 1.16. The number of hydrogen-bond acceptors (Lipinski definition) is 4. The predicted octanol–water partition coefficient (Wildman–Crippen LogP) is 2.38. The maximum Gasteiger partial charge on any atom is 0.339 e. The molecule has 1 fully saturated rings. The zero-order valence-corrected chi connectivity index (χ0v) is 11.7. The molecule has 0 aliphatic heterocycles. The Balaban J connectivity index is 1.71. The molecule has 1 aliphatic carbocycles. The van der Waals surface area contributed by atoms with Crippen molar-refractivity contribution in [3.05, 3.63) is 35.6 Å². The fraction of sp³-hybridized carbons (Fsp3) is 0.438. The minimum atomic E-state index is -0.965. The Morgan fingerprint density at radius 3 is 2.86 bits per heavy atom. The molecule has 2 aromatic rings. The third kappa shape index (κ3) is 2.94. The second-order valence-electron chi connectivity index (χ2n) is 5.67. The highest BCUT2D eigenvalue weighted by atomic mass is 16.4. The van der Waals surface area contributed by atoms with Gasteiger partial charge >= 0.3 is 5.97 Å². The third-order valence-corrected chi connectivity index (χ3v) is 4.11. The van der Waals surface area contributed by atoms with Crippen LogP contribution >= 0.6 is 0 Å². The van der Waals surface area contributed by atoms with Crippen molar-refractivity contribution in [2.45, 2.75) is 31.9 Å². The van der Waals surface area contributed by atoms with Crippen molar-refractivity contribution in [1.29, 1.82) is 0 Å². The van der Waals surface area contributed by atoms with E-state index in [9.17, 15) is 15.0 Å². The number of carboxylic acids is 1. The lowest BCUT2D eigenvalue weighted by Crippen LogP contribution is -2.22. The van der Waals surface area contributed by atoms with E-state index in [0.717, 1.165) is 25.8 Å². The predicted molar refractivity (Wildman–Crippen MR) is 78.2 cm³/mol. The van der Waals surface area contributed by atoms with E-state index in [1.54, 1.807) is 18.2 Å². The molecule has 5 heteroatoms. The first kappa shape index (κ1) is 14.1. The Hall–Kier alpha value is -1.85. The van der Waals surface area contributed by atoms with Gasteiger partial charge in [0.05, 0.1) is 12.6 Å². The molecule has 1 saturated carbocycles. The van der Waals surface area contributed by atoms with Crippen LogP contribution < -0.4 is 5.32 Å². The highest BCUT2D eigenvalue weighted by Crippen LogP contribution is 2.27. The van der Waals surface area contributed by atoms with E-state index in [-0.39, 0.29) is 11.7 Å². The molecule has 0 saturated heterocycles. The first-order chi connectivity index (χ1) is 10.1. The van der Waals surface area contributed by atoms with Gasteiger partial charge in [-0.3, -0.25) is 0 Å². The Bertz CT molecular complexity index is 649. The van der Waals surface area contributed by atoms with E-state index in [4.69, 9.17) is 4.42 Å². The van der Waals surface area contributed by atoms with Crippen LogP contribution in [0.25, 0.3) is 11.0 Å². The van der Waals surface area contributed by atoms with Gasteiger partial charge in [-0.05, 0) is 37.8 Å². The van der Waals surface area contributed by atoms with Crippen molar-refractivity contribution in [3.63, 3.8) is 0 Å². The molecular weight excluding hydrogens is 270 g/mol. The second kappa shape index (κ2) is 5.87. The van der Waals surface area contributed by atoms with Gasteiger partial charge in [-0.25, -0.2) is 4.79 Å². The number of aliphatic hydroxyl groups is 1. The molecular formula is C16H19NO4. The molecule has 112 valence electrons. The minimum absolute atomic E-state index is 0.183. The van der Waals surface area contributed by atoms with Crippen LogP contribution in [0.15, 0.2) is 28.7 Å². The number of aliphatic hydroxyl groups excluding tert-OH is 1. The Morgan fingerprint density at radius 1 is 1.33 bits per heavy atom. The standard InChI is InChI=1S/C16H19NO4/c18-11-6-5-10(7-11)8-17-9-14-15(16(19)20)12-3-1-2-4-13(12)21-14/h1-4,10-11,17-18H,5-9H2,(H,19,20). The smallest absolute Gasteiger partial charge is 0.339 e. The normalized spacial score (nSPS) is 22.0. The Kier molecular flexibility index (Phi) is 3.94. The second-order valence-corrected chi connectivity index (χ2v) is 5.67. The number of aromatic carboxylic acids is 1. The van der Waals surface area contributed by atoms with Gasteiger partial charge in [0.25, 0.3) is 0 Å². The van der Waals surface area contributed by atoms with Crippen LogP contribution in [-0.2, 0) is 6.54 Å². The topological polar surface area (TPSA) is 82.7 Å². The summed E-state index contributed by atoms with van der Waals surface area (Å²) < 4.78 is 5.65. The summed E-state index contributed by atoms with van der Waals surface area (Å²) in [5, 5.41) is 22.8. The van der Waals surface area contributed by atoms with E-state index in [1.807, 2.05) is 6.07 Å². The molecule has 1 aliphatic rings. The molecule has 1 heterocycles. The number of nitrogens with one attached hydrogen (secondary N) is 1. The zero-order valence-electron chi connectivity index (χ0n) is 11.7. The number of carbonyl (C=O) groups is 1. The summed E-state index contributed by atoms with van der Waals surface area (Å²) in [6, 6.07) is 7.17. The van der Waals surface area contributed by atoms with Crippen LogP contribution in [0.3, 0.4) is 0 Å². The fourth-order valence-electron chi connectivity index (χ4n) is 3.08. The van der Waals surface area contributed by atoms with Crippen molar-refractivity contribution < 1.29 is 19.4 Å². The minimum Gasteiger partial charge on any atom is -0.478 e. The van der Waals surface area contributed by atoms with Gasteiger partial charge < -0.3 is 19.9 Å². The molecule has 0 amide bonds. The summed E-state index contributed by atoms with van der Waals surface area (Å²) in [6.07, 6.45) is 2.51. The number of fused-ring (bicyclic) bond motifs is 1. The summed E-state index contributed by atoms with van der Waals surface area (Å²) in [4.78, 5) is 11.4. The number of hydrogen-bond donors (Lipinski definition) is 3. The summed E-state index contributed by atoms with van der Waals surface area (Å²) in [7, 11) is 0. The van der Waals surface area contributed by atoms with Crippen LogP contribution in [0.2, 0.25) is 0 Å². The lowest BCUT2D eigenvalue weighted by atomic mass is 10.1. The largest absolute Gasteiger partial charge is 0.478 e. The van der Waals surface area contributed by atoms with Crippen molar-refractivity contribution in [2.24, 2.45) is 5.92 Å². The van der Waals surface area contributed by atoms with Crippen LogP contribution in [0.4, 0.5) is 0 Å². The quantitative estimate of drug-likeness (QED) is 0.787. The molecule has 0 radical (unpaired) electrons. The van der Waals surface area contributed by atoms with Gasteiger partial charge in [-0.2, -0.15) is 0 Å². The average molecular weight is 289 g/mol. The van der Waals surface area contributed by atoms with Gasteiger partial charge in [0.2, 0.25) is 0 Å². The zero-order chi connectivity index (χ0) is 14.8.